The number of imidazole rings is 1. The largest absolute Gasteiger partial charge is 0.350 e. The minimum atomic E-state index is -0.420. The predicted octanol–water partition coefficient (Wildman–Crippen LogP) is 1.48. The monoisotopic (exact) mass is 233 g/mol. The molecule has 4 nitrogen and oxygen atoms in total. The van der Waals surface area contributed by atoms with Gasteiger partial charge >= 0.3 is 0 Å². The van der Waals surface area contributed by atoms with Crippen molar-refractivity contribution in [2.45, 2.75) is 19.9 Å². The number of benzene rings is 1. The maximum Gasteiger partial charge on any atom is 0.253 e. The van der Waals surface area contributed by atoms with Crippen LogP contribution in [0.4, 0.5) is 4.39 Å². The van der Waals surface area contributed by atoms with Crippen molar-refractivity contribution in [3.05, 3.63) is 29.3 Å². The number of hydrogen-bond donors (Lipinski definition) is 1. The average molecular weight is 233 g/mol. The molecular formula is C12H12FN3O. The molecule has 0 aliphatic carbocycles. The second kappa shape index (κ2) is 3.55. The van der Waals surface area contributed by atoms with E-state index in [9.17, 15) is 9.18 Å². The van der Waals surface area contributed by atoms with Crippen molar-refractivity contribution in [1.29, 1.82) is 0 Å². The number of halogens is 1. The molecule has 1 amide bonds. The van der Waals surface area contributed by atoms with Gasteiger partial charge in [-0.3, -0.25) is 4.79 Å². The van der Waals surface area contributed by atoms with E-state index in [4.69, 9.17) is 0 Å². The van der Waals surface area contributed by atoms with Gasteiger partial charge in [0.2, 0.25) is 0 Å². The molecule has 0 bridgehead atoms. The Bertz CT molecular complexity index is 618. The van der Waals surface area contributed by atoms with Crippen LogP contribution in [0.3, 0.4) is 0 Å². The molecule has 0 saturated carbocycles. The van der Waals surface area contributed by atoms with Gasteiger partial charge in [0.1, 0.15) is 11.6 Å². The fourth-order valence-corrected chi connectivity index (χ4v) is 2.34. The molecule has 88 valence electrons. The maximum atomic E-state index is 13.4. The van der Waals surface area contributed by atoms with E-state index in [0.717, 1.165) is 17.8 Å². The van der Waals surface area contributed by atoms with Gasteiger partial charge in [-0.25, -0.2) is 9.37 Å². The fourth-order valence-electron chi connectivity index (χ4n) is 2.34. The van der Waals surface area contributed by atoms with Crippen molar-refractivity contribution < 1.29 is 9.18 Å². The molecule has 1 aliphatic heterocycles. The summed E-state index contributed by atoms with van der Waals surface area (Å²) in [6.45, 7) is 3.23. The van der Waals surface area contributed by atoms with Crippen LogP contribution in [-0.2, 0) is 13.0 Å². The molecule has 5 heteroatoms. The Morgan fingerprint density at radius 2 is 2.35 bits per heavy atom. The third-order valence-electron chi connectivity index (χ3n) is 3.07. The third-order valence-corrected chi connectivity index (χ3v) is 3.07. The van der Waals surface area contributed by atoms with E-state index >= 15 is 0 Å². The lowest BCUT2D eigenvalue weighted by atomic mass is 10.1. The van der Waals surface area contributed by atoms with E-state index in [-0.39, 0.29) is 5.91 Å². The maximum absolute atomic E-state index is 13.4. The Labute approximate surface area is 97.4 Å². The van der Waals surface area contributed by atoms with Crippen molar-refractivity contribution in [3.63, 3.8) is 0 Å². The summed E-state index contributed by atoms with van der Waals surface area (Å²) in [5, 5.41) is 2.76. The number of nitrogens with zero attached hydrogens (tertiary/aromatic N) is 2. The van der Waals surface area contributed by atoms with Crippen LogP contribution in [0.1, 0.15) is 23.1 Å². The van der Waals surface area contributed by atoms with Gasteiger partial charge in [0, 0.05) is 25.6 Å². The molecule has 1 aromatic carbocycles. The summed E-state index contributed by atoms with van der Waals surface area (Å²) in [4.78, 5) is 16.2. The van der Waals surface area contributed by atoms with Crippen molar-refractivity contribution >= 4 is 16.9 Å². The Kier molecular flexibility index (Phi) is 2.14. The molecular weight excluding hydrogens is 221 g/mol. The molecule has 2 aromatic rings. The molecule has 1 N–H and O–H groups in total. The second-order valence-electron chi connectivity index (χ2n) is 4.11. The third kappa shape index (κ3) is 1.42. The van der Waals surface area contributed by atoms with Crippen LogP contribution in [0.5, 0.6) is 0 Å². The van der Waals surface area contributed by atoms with Crippen LogP contribution in [0.2, 0.25) is 0 Å². The number of hydrogen-bond acceptors (Lipinski definition) is 2. The second-order valence-corrected chi connectivity index (χ2v) is 4.11. The van der Waals surface area contributed by atoms with Crippen LogP contribution < -0.4 is 5.32 Å². The Morgan fingerprint density at radius 1 is 1.53 bits per heavy atom. The van der Waals surface area contributed by atoms with E-state index in [1.165, 1.54) is 12.1 Å². The first-order valence-corrected chi connectivity index (χ1v) is 5.67. The Hall–Kier alpha value is -1.91. The van der Waals surface area contributed by atoms with Gasteiger partial charge < -0.3 is 9.88 Å². The van der Waals surface area contributed by atoms with Crippen LogP contribution in [0.25, 0.3) is 11.0 Å². The first kappa shape index (κ1) is 10.3. The Morgan fingerprint density at radius 3 is 3.12 bits per heavy atom. The van der Waals surface area contributed by atoms with Crippen molar-refractivity contribution in [3.8, 4) is 0 Å². The highest BCUT2D eigenvalue weighted by Gasteiger charge is 2.21. The van der Waals surface area contributed by atoms with Gasteiger partial charge in [-0.2, -0.15) is 0 Å². The number of amides is 1. The van der Waals surface area contributed by atoms with Crippen molar-refractivity contribution in [2.24, 2.45) is 0 Å². The van der Waals surface area contributed by atoms with Crippen LogP contribution in [0.15, 0.2) is 12.1 Å². The number of aromatic nitrogens is 2. The molecule has 3 rings (SSSR count). The Balaban J connectivity index is 2.43. The minimum Gasteiger partial charge on any atom is -0.350 e. The number of carbonyl (C=O) groups is 1. The van der Waals surface area contributed by atoms with Gasteiger partial charge in [-0.1, -0.05) is 6.92 Å². The quantitative estimate of drug-likeness (QED) is 0.811. The molecule has 0 saturated heterocycles. The van der Waals surface area contributed by atoms with Gasteiger partial charge in [-0.15, -0.1) is 0 Å². The van der Waals surface area contributed by atoms with E-state index in [2.05, 4.69) is 10.3 Å². The topological polar surface area (TPSA) is 46.9 Å². The SMILES string of the molecule is CCc1nc2cc(F)cc3c2n1CCNC3=O. The van der Waals surface area contributed by atoms with Crippen molar-refractivity contribution in [1.82, 2.24) is 14.9 Å². The first-order valence-electron chi connectivity index (χ1n) is 5.67. The number of nitrogens with one attached hydrogen (secondary N) is 1. The van der Waals surface area contributed by atoms with Gasteiger partial charge in [0.15, 0.2) is 0 Å². The molecule has 0 spiro atoms. The number of carbonyl (C=O) groups excluding carboxylic acids is 1. The fraction of sp³-hybridized carbons (Fsp3) is 0.333. The van der Waals surface area contributed by atoms with E-state index in [1.54, 1.807) is 0 Å². The first-order chi connectivity index (χ1) is 8.20. The zero-order valence-electron chi connectivity index (χ0n) is 9.46. The standard InChI is InChI=1S/C12H12FN3O/c1-2-10-15-9-6-7(13)5-8-11(9)16(10)4-3-14-12(8)17/h5-6H,2-4H2,1H3,(H,14,17). The molecule has 1 aromatic heterocycles. The summed E-state index contributed by atoms with van der Waals surface area (Å²) in [5.41, 5.74) is 1.69. The summed E-state index contributed by atoms with van der Waals surface area (Å²) < 4.78 is 15.4. The molecule has 2 heterocycles. The van der Waals surface area contributed by atoms with Crippen LogP contribution >= 0.6 is 0 Å². The lowest BCUT2D eigenvalue weighted by Crippen LogP contribution is -2.24. The van der Waals surface area contributed by atoms with E-state index in [0.29, 0.717) is 24.2 Å². The highest BCUT2D eigenvalue weighted by molar-refractivity contribution is 6.05. The molecule has 0 fully saturated rings. The highest BCUT2D eigenvalue weighted by Crippen LogP contribution is 2.24. The molecule has 17 heavy (non-hydrogen) atoms. The summed E-state index contributed by atoms with van der Waals surface area (Å²) >= 11 is 0. The summed E-state index contributed by atoms with van der Waals surface area (Å²) in [6.07, 6.45) is 0.768. The van der Waals surface area contributed by atoms with Gasteiger partial charge in [-0.05, 0) is 6.07 Å². The van der Waals surface area contributed by atoms with E-state index in [1.807, 2.05) is 11.5 Å². The van der Waals surface area contributed by atoms with E-state index < -0.39 is 5.82 Å². The summed E-state index contributed by atoms with van der Waals surface area (Å²) in [6, 6.07) is 2.66. The van der Waals surface area contributed by atoms with Crippen molar-refractivity contribution in [2.75, 3.05) is 6.54 Å². The van der Waals surface area contributed by atoms with Crippen LogP contribution in [0, 0.1) is 5.82 Å². The molecule has 0 atom stereocenters. The average Bonchev–Trinajstić information content (AvgIpc) is 2.56. The highest BCUT2D eigenvalue weighted by atomic mass is 19.1. The summed E-state index contributed by atoms with van der Waals surface area (Å²) in [7, 11) is 0. The zero-order chi connectivity index (χ0) is 12.0. The summed E-state index contributed by atoms with van der Waals surface area (Å²) in [5.74, 6) is 0.246. The van der Waals surface area contributed by atoms with Gasteiger partial charge in [0.25, 0.3) is 5.91 Å². The molecule has 0 unspecified atom stereocenters. The number of aryl methyl sites for hydroxylation is 1. The predicted molar refractivity (Wildman–Crippen MR) is 61.4 cm³/mol. The molecule has 0 radical (unpaired) electrons. The minimum absolute atomic E-state index is 0.226. The lowest BCUT2D eigenvalue weighted by Gasteiger charge is -2.04. The van der Waals surface area contributed by atoms with Gasteiger partial charge in [0.05, 0.1) is 16.6 Å². The number of rotatable bonds is 1. The zero-order valence-corrected chi connectivity index (χ0v) is 9.46. The molecule has 1 aliphatic rings. The smallest absolute Gasteiger partial charge is 0.253 e. The van der Waals surface area contributed by atoms with Crippen LogP contribution in [-0.4, -0.2) is 22.0 Å². The normalized spacial score (nSPS) is 14.8. The lowest BCUT2D eigenvalue weighted by molar-refractivity contribution is 0.0956.